The number of Topliss-reactive ketones (excluding diaryl/α,β-unsaturated/α-hetero) is 1. The van der Waals surface area contributed by atoms with Crippen LogP contribution in [0.1, 0.15) is 13.8 Å². The topological polar surface area (TPSA) is 66.8 Å². The van der Waals surface area contributed by atoms with E-state index in [0.29, 0.717) is 0 Å². The molecular weight excluding hydrogens is 197 g/mol. The molecule has 1 aliphatic heterocycles. The van der Waals surface area contributed by atoms with Gasteiger partial charge < -0.3 is 14.6 Å². The van der Waals surface area contributed by atoms with Crippen LogP contribution >= 0.6 is 0 Å². The molecule has 1 heterocycles. The maximum atomic E-state index is 11.7. The van der Waals surface area contributed by atoms with Gasteiger partial charge in [0.1, 0.15) is 5.41 Å². The minimum Gasteiger partial charge on any atom is -0.465 e. The summed E-state index contributed by atoms with van der Waals surface area (Å²) in [6, 6.07) is 0. The highest BCUT2D eigenvalue weighted by molar-refractivity contribution is 6.46. The Kier molecular flexibility index (Phi) is 3.52. The van der Waals surface area contributed by atoms with Crippen molar-refractivity contribution in [2.75, 3.05) is 19.7 Å². The maximum absolute atomic E-state index is 11.7. The number of ether oxygens (including phenoxy) is 1. The van der Waals surface area contributed by atoms with Crippen LogP contribution in [0.5, 0.6) is 0 Å². The van der Waals surface area contributed by atoms with Crippen molar-refractivity contribution in [1.82, 2.24) is 4.81 Å². The summed E-state index contributed by atoms with van der Waals surface area (Å²) in [4.78, 5) is 24.8. The van der Waals surface area contributed by atoms with Crippen molar-refractivity contribution in [1.29, 1.82) is 0 Å². The van der Waals surface area contributed by atoms with Crippen molar-refractivity contribution in [3.8, 4) is 0 Å². The quantitative estimate of drug-likeness (QED) is 0.390. The lowest BCUT2D eigenvalue weighted by atomic mass is 9.84. The van der Waals surface area contributed by atoms with Gasteiger partial charge in [0.05, 0.1) is 13.2 Å². The summed E-state index contributed by atoms with van der Waals surface area (Å²) in [6.07, 6.45) is 0. The Balaban J connectivity index is 2.78. The maximum Gasteiger partial charge on any atom is 0.376 e. The van der Waals surface area contributed by atoms with Crippen LogP contribution in [-0.4, -0.2) is 48.3 Å². The molecule has 1 atom stereocenters. The number of nitrogens with zero attached hydrogens (tertiary/aromatic N) is 1. The normalized spacial score (nSPS) is 26.8. The summed E-state index contributed by atoms with van der Waals surface area (Å²) in [5.41, 5.74) is -1.12. The van der Waals surface area contributed by atoms with Gasteiger partial charge in [-0.05, 0) is 20.7 Å². The molecule has 0 bridgehead atoms. The number of carbonyl (C=O) groups is 2. The van der Waals surface area contributed by atoms with E-state index in [1.165, 1.54) is 0 Å². The van der Waals surface area contributed by atoms with Gasteiger partial charge in [-0.2, -0.15) is 0 Å². The number of hydrogen-bond donors (Lipinski definition) is 1. The van der Waals surface area contributed by atoms with E-state index >= 15 is 0 Å². The molecule has 6 heteroatoms. The second kappa shape index (κ2) is 4.32. The van der Waals surface area contributed by atoms with Crippen LogP contribution in [0.3, 0.4) is 0 Å². The zero-order valence-electron chi connectivity index (χ0n) is 9.32. The Labute approximate surface area is 89.5 Å². The third kappa shape index (κ3) is 2.21. The molecule has 1 unspecified atom stereocenters. The molecule has 0 aromatic rings. The number of hydrogen-bond acceptors (Lipinski definition) is 5. The van der Waals surface area contributed by atoms with E-state index in [9.17, 15) is 14.6 Å². The summed E-state index contributed by atoms with van der Waals surface area (Å²) in [5.74, 6) is -0.694. The van der Waals surface area contributed by atoms with Gasteiger partial charge in [-0.1, -0.05) is 0 Å². The van der Waals surface area contributed by atoms with Crippen molar-refractivity contribution < 1.29 is 19.3 Å². The number of carbonyl (C=O) groups excluding carboxylic acids is 2. The van der Waals surface area contributed by atoms with Gasteiger partial charge in [0, 0.05) is 6.54 Å². The van der Waals surface area contributed by atoms with Crippen LogP contribution in [0.2, 0.25) is 6.82 Å². The predicted octanol–water partition coefficient (Wildman–Crippen LogP) is -0.449. The van der Waals surface area contributed by atoms with Gasteiger partial charge in [-0.15, -0.1) is 0 Å². The van der Waals surface area contributed by atoms with E-state index in [1.54, 1.807) is 25.5 Å². The molecule has 0 saturated carbocycles. The zero-order chi connectivity index (χ0) is 11.6. The molecule has 1 saturated heterocycles. The lowest BCUT2D eigenvalue weighted by Gasteiger charge is -2.21. The Morgan fingerprint density at radius 2 is 2.33 bits per heavy atom. The third-order valence-corrected chi connectivity index (χ3v) is 2.74. The summed E-state index contributed by atoms with van der Waals surface area (Å²) in [7, 11) is -0.717. The molecule has 0 radical (unpaired) electrons. The van der Waals surface area contributed by atoms with E-state index in [-0.39, 0.29) is 25.5 Å². The number of esters is 1. The molecule has 0 spiro atoms. The molecule has 1 fully saturated rings. The molecule has 1 aliphatic rings. The fraction of sp³-hybridized carbons (Fsp3) is 0.778. The van der Waals surface area contributed by atoms with Crippen LogP contribution in [0.25, 0.3) is 0 Å². The van der Waals surface area contributed by atoms with E-state index in [2.05, 4.69) is 0 Å². The largest absolute Gasteiger partial charge is 0.465 e. The molecule has 0 aromatic heterocycles. The Bertz CT molecular complexity index is 281. The first-order valence-corrected chi connectivity index (χ1v) is 5.04. The highest BCUT2D eigenvalue weighted by atomic mass is 16.5. The lowest BCUT2D eigenvalue weighted by Crippen LogP contribution is -2.40. The van der Waals surface area contributed by atoms with Gasteiger partial charge in [0.2, 0.25) is 0 Å². The lowest BCUT2D eigenvalue weighted by molar-refractivity contribution is -0.156. The van der Waals surface area contributed by atoms with Crippen molar-refractivity contribution in [3.05, 3.63) is 0 Å². The highest BCUT2D eigenvalue weighted by Crippen LogP contribution is 2.28. The van der Waals surface area contributed by atoms with Gasteiger partial charge in [0.15, 0.2) is 5.78 Å². The van der Waals surface area contributed by atoms with Crippen molar-refractivity contribution in [2.45, 2.75) is 20.7 Å². The molecule has 1 N–H and O–H groups in total. The monoisotopic (exact) mass is 213 g/mol. The third-order valence-electron chi connectivity index (χ3n) is 2.74. The average Bonchev–Trinajstić information content (AvgIpc) is 2.45. The zero-order valence-corrected chi connectivity index (χ0v) is 9.32. The second-order valence-electron chi connectivity index (χ2n) is 4.01. The van der Waals surface area contributed by atoms with Crippen LogP contribution in [-0.2, 0) is 14.3 Å². The summed E-state index contributed by atoms with van der Waals surface area (Å²) in [5, 5.41) is 9.34. The Morgan fingerprint density at radius 3 is 2.73 bits per heavy atom. The van der Waals surface area contributed by atoms with Gasteiger partial charge >= 0.3 is 13.0 Å². The molecule has 84 valence electrons. The number of ketones is 1. The summed E-state index contributed by atoms with van der Waals surface area (Å²) in [6.45, 7) is 5.43. The summed E-state index contributed by atoms with van der Waals surface area (Å²) < 4.78 is 4.86. The van der Waals surface area contributed by atoms with Gasteiger partial charge in [-0.3, -0.25) is 9.59 Å². The van der Waals surface area contributed by atoms with E-state index in [1.807, 2.05) is 0 Å². The fourth-order valence-corrected chi connectivity index (χ4v) is 1.64. The molecule has 1 rings (SSSR count). The molecular formula is C9H16BNO4. The first-order valence-electron chi connectivity index (χ1n) is 5.04. The number of rotatable bonds is 3. The SMILES string of the molecule is CCOC(=O)C1(C)CN(B(C)O)CC1=O. The van der Waals surface area contributed by atoms with Gasteiger partial charge in [0.25, 0.3) is 0 Å². The van der Waals surface area contributed by atoms with Crippen LogP contribution in [0.4, 0.5) is 0 Å². The first-order chi connectivity index (χ1) is 6.91. The standard InChI is InChI=1S/C9H16BNO4/c1-4-15-8(13)9(2)6-11(10(3)14)5-7(9)12/h14H,4-6H2,1-3H3. The van der Waals surface area contributed by atoms with Crippen molar-refractivity contribution >= 4 is 18.8 Å². The van der Waals surface area contributed by atoms with E-state index in [4.69, 9.17) is 4.74 Å². The second-order valence-corrected chi connectivity index (χ2v) is 4.01. The molecule has 5 nitrogen and oxygen atoms in total. The molecule has 0 aromatic carbocycles. The highest BCUT2D eigenvalue weighted by Gasteiger charge is 2.50. The van der Waals surface area contributed by atoms with Crippen LogP contribution in [0.15, 0.2) is 0 Å². The fourth-order valence-electron chi connectivity index (χ4n) is 1.64. The average molecular weight is 213 g/mol. The first kappa shape index (κ1) is 12.2. The van der Waals surface area contributed by atoms with Crippen molar-refractivity contribution in [2.24, 2.45) is 5.41 Å². The Morgan fingerprint density at radius 1 is 1.73 bits per heavy atom. The molecule has 0 aliphatic carbocycles. The van der Waals surface area contributed by atoms with Crippen LogP contribution in [0, 0.1) is 5.41 Å². The van der Waals surface area contributed by atoms with E-state index in [0.717, 1.165) is 0 Å². The minimum atomic E-state index is -1.12. The van der Waals surface area contributed by atoms with E-state index < -0.39 is 18.4 Å². The smallest absolute Gasteiger partial charge is 0.376 e. The molecule has 15 heavy (non-hydrogen) atoms. The van der Waals surface area contributed by atoms with Crippen LogP contribution < -0.4 is 0 Å². The summed E-state index contributed by atoms with van der Waals surface area (Å²) >= 11 is 0. The van der Waals surface area contributed by atoms with Gasteiger partial charge in [-0.25, -0.2) is 0 Å². The Hall–Kier alpha value is -0.875. The predicted molar refractivity (Wildman–Crippen MR) is 55.2 cm³/mol. The molecule has 0 amide bonds. The van der Waals surface area contributed by atoms with Crippen molar-refractivity contribution in [3.63, 3.8) is 0 Å². The minimum absolute atomic E-state index is 0.104.